The van der Waals surface area contributed by atoms with E-state index in [1.807, 2.05) is 13.8 Å². The van der Waals surface area contributed by atoms with Crippen molar-refractivity contribution in [3.63, 3.8) is 0 Å². The molecule has 146 valence electrons. The van der Waals surface area contributed by atoms with Crippen LogP contribution in [0.15, 0.2) is 48.2 Å². The van der Waals surface area contributed by atoms with Gasteiger partial charge in [0.25, 0.3) is 5.91 Å². The van der Waals surface area contributed by atoms with E-state index in [4.69, 9.17) is 9.47 Å². The van der Waals surface area contributed by atoms with Crippen LogP contribution in [0.3, 0.4) is 0 Å². The van der Waals surface area contributed by atoms with Crippen molar-refractivity contribution in [2.45, 2.75) is 26.5 Å². The van der Waals surface area contributed by atoms with Gasteiger partial charge < -0.3 is 14.8 Å². The average molecular weight is 384 g/mol. The first-order chi connectivity index (χ1) is 13.4. The lowest BCUT2D eigenvalue weighted by atomic mass is 10.1. The minimum atomic E-state index is -0.603. The summed E-state index contributed by atoms with van der Waals surface area (Å²) in [5.41, 5.74) is 0.935. The lowest BCUT2D eigenvalue weighted by Crippen LogP contribution is -2.30. The van der Waals surface area contributed by atoms with Gasteiger partial charge in [-0.15, -0.1) is 0 Å². The van der Waals surface area contributed by atoms with Crippen LogP contribution in [0.5, 0.6) is 11.5 Å². The fraction of sp³-hybridized carbons (Fsp3) is 0.238. The van der Waals surface area contributed by atoms with E-state index in [1.165, 1.54) is 25.3 Å². The van der Waals surface area contributed by atoms with Gasteiger partial charge in [0.2, 0.25) is 0 Å². The number of hydrogen-bond donors (Lipinski definition) is 1. The molecule has 1 aliphatic rings. The van der Waals surface area contributed by atoms with Crippen molar-refractivity contribution in [1.29, 1.82) is 0 Å². The standard InChI is InChI=1S/C21H21FN2O4/c1-13(2)28-19-14(8-6-10-18(19)27-3)11-17-20(25)24(21(26)23-17)12-15-7-4-5-9-16(15)22/h4-11,13H,12H2,1-3H3,(H,23,26)/b17-11+. The number of nitrogens with zero attached hydrogens (tertiary/aromatic N) is 1. The number of para-hydroxylation sites is 1. The van der Waals surface area contributed by atoms with Crippen LogP contribution in [-0.4, -0.2) is 30.1 Å². The summed E-state index contributed by atoms with van der Waals surface area (Å²) in [4.78, 5) is 25.9. The Morgan fingerprint density at radius 3 is 2.57 bits per heavy atom. The van der Waals surface area contributed by atoms with E-state index >= 15 is 0 Å². The van der Waals surface area contributed by atoms with E-state index in [0.717, 1.165) is 4.90 Å². The third-order valence-electron chi connectivity index (χ3n) is 4.13. The van der Waals surface area contributed by atoms with Gasteiger partial charge in [0.15, 0.2) is 11.5 Å². The van der Waals surface area contributed by atoms with Crippen molar-refractivity contribution in [2.75, 3.05) is 7.11 Å². The van der Waals surface area contributed by atoms with E-state index in [1.54, 1.807) is 30.3 Å². The smallest absolute Gasteiger partial charge is 0.329 e. The zero-order chi connectivity index (χ0) is 20.3. The molecule has 0 spiro atoms. The number of benzene rings is 2. The number of carbonyl (C=O) groups excluding carboxylic acids is 2. The molecule has 0 unspecified atom stereocenters. The van der Waals surface area contributed by atoms with Gasteiger partial charge >= 0.3 is 6.03 Å². The number of ether oxygens (including phenoxy) is 2. The molecule has 2 aromatic carbocycles. The minimum absolute atomic E-state index is 0.0863. The Morgan fingerprint density at radius 1 is 1.14 bits per heavy atom. The molecule has 0 atom stereocenters. The number of imide groups is 1. The highest BCUT2D eigenvalue weighted by molar-refractivity contribution is 6.14. The molecule has 2 aromatic rings. The summed E-state index contributed by atoms with van der Waals surface area (Å²) in [6.07, 6.45) is 1.42. The second-order valence-electron chi connectivity index (χ2n) is 6.52. The van der Waals surface area contributed by atoms with Crippen LogP contribution in [0.1, 0.15) is 25.0 Å². The van der Waals surface area contributed by atoms with Gasteiger partial charge in [-0.25, -0.2) is 9.18 Å². The second kappa shape index (κ2) is 8.12. The molecule has 1 aliphatic heterocycles. The van der Waals surface area contributed by atoms with Crippen LogP contribution in [0.2, 0.25) is 0 Å². The predicted molar refractivity (Wildman–Crippen MR) is 102 cm³/mol. The molecule has 28 heavy (non-hydrogen) atoms. The summed E-state index contributed by atoms with van der Waals surface area (Å²) in [5.74, 6) is -0.0161. The molecular weight excluding hydrogens is 363 g/mol. The molecule has 0 aliphatic carbocycles. The van der Waals surface area contributed by atoms with Crippen LogP contribution >= 0.6 is 0 Å². The number of rotatable bonds is 6. The SMILES string of the molecule is COc1cccc(/C=C2/NC(=O)N(Cc3ccccc3F)C2=O)c1OC(C)C. The Hall–Kier alpha value is -3.35. The summed E-state index contributed by atoms with van der Waals surface area (Å²) in [7, 11) is 1.53. The Balaban J connectivity index is 1.91. The maximum Gasteiger partial charge on any atom is 0.329 e. The van der Waals surface area contributed by atoms with Gasteiger partial charge in [-0.3, -0.25) is 9.69 Å². The monoisotopic (exact) mass is 384 g/mol. The zero-order valence-electron chi connectivity index (χ0n) is 15.9. The van der Waals surface area contributed by atoms with E-state index in [0.29, 0.717) is 17.1 Å². The third kappa shape index (κ3) is 3.98. The maximum atomic E-state index is 13.9. The van der Waals surface area contributed by atoms with E-state index in [2.05, 4.69) is 5.32 Å². The summed E-state index contributed by atoms with van der Waals surface area (Å²) in [6.45, 7) is 3.60. The number of urea groups is 1. The van der Waals surface area contributed by atoms with Crippen molar-refractivity contribution in [3.8, 4) is 11.5 Å². The molecule has 1 N–H and O–H groups in total. The van der Waals surface area contributed by atoms with Gasteiger partial charge in [-0.05, 0) is 32.1 Å². The Morgan fingerprint density at radius 2 is 1.89 bits per heavy atom. The van der Waals surface area contributed by atoms with E-state index < -0.39 is 17.8 Å². The van der Waals surface area contributed by atoms with Gasteiger partial charge in [0.05, 0.1) is 19.8 Å². The molecule has 0 radical (unpaired) electrons. The lowest BCUT2D eigenvalue weighted by molar-refractivity contribution is -0.123. The van der Waals surface area contributed by atoms with Crippen LogP contribution < -0.4 is 14.8 Å². The van der Waals surface area contributed by atoms with Crippen LogP contribution in [0, 0.1) is 5.82 Å². The molecule has 3 rings (SSSR count). The highest BCUT2D eigenvalue weighted by Gasteiger charge is 2.34. The summed E-state index contributed by atoms with van der Waals surface area (Å²) >= 11 is 0. The quantitative estimate of drug-likeness (QED) is 0.609. The Labute approximate surface area is 162 Å². The van der Waals surface area contributed by atoms with Crippen molar-refractivity contribution < 1.29 is 23.5 Å². The van der Waals surface area contributed by atoms with Gasteiger partial charge in [0, 0.05) is 11.1 Å². The fourth-order valence-corrected chi connectivity index (χ4v) is 2.84. The molecular formula is C21H21FN2O4. The van der Waals surface area contributed by atoms with Crippen LogP contribution in [-0.2, 0) is 11.3 Å². The summed E-state index contributed by atoms with van der Waals surface area (Å²) < 4.78 is 25.0. The largest absolute Gasteiger partial charge is 0.493 e. The first kappa shape index (κ1) is 19.4. The van der Waals surface area contributed by atoms with Crippen molar-refractivity contribution in [1.82, 2.24) is 10.2 Å². The molecule has 1 saturated heterocycles. The molecule has 6 nitrogen and oxygen atoms in total. The number of halogens is 1. The first-order valence-electron chi connectivity index (χ1n) is 8.82. The minimum Gasteiger partial charge on any atom is -0.493 e. The van der Waals surface area contributed by atoms with E-state index in [-0.39, 0.29) is 23.9 Å². The number of hydrogen-bond acceptors (Lipinski definition) is 4. The normalized spacial score (nSPS) is 15.3. The van der Waals surface area contributed by atoms with Crippen LogP contribution in [0.25, 0.3) is 6.08 Å². The second-order valence-corrected chi connectivity index (χ2v) is 6.52. The highest BCUT2D eigenvalue weighted by atomic mass is 19.1. The first-order valence-corrected chi connectivity index (χ1v) is 8.82. The molecule has 3 amide bonds. The van der Waals surface area contributed by atoms with Crippen molar-refractivity contribution in [3.05, 3.63) is 65.1 Å². The Kier molecular flexibility index (Phi) is 5.63. The van der Waals surface area contributed by atoms with Crippen molar-refractivity contribution >= 4 is 18.0 Å². The average Bonchev–Trinajstić information content (AvgIpc) is 2.92. The van der Waals surface area contributed by atoms with Gasteiger partial charge in [-0.2, -0.15) is 0 Å². The molecule has 0 aromatic heterocycles. The molecule has 1 heterocycles. The summed E-state index contributed by atoms with van der Waals surface area (Å²) in [6, 6.07) is 10.7. The lowest BCUT2D eigenvalue weighted by Gasteiger charge is -2.16. The van der Waals surface area contributed by atoms with Gasteiger partial charge in [-0.1, -0.05) is 30.3 Å². The molecule has 7 heteroatoms. The summed E-state index contributed by atoms with van der Waals surface area (Å²) in [5, 5.41) is 2.54. The molecule has 0 bridgehead atoms. The van der Waals surface area contributed by atoms with Crippen molar-refractivity contribution in [2.24, 2.45) is 0 Å². The predicted octanol–water partition coefficient (Wildman–Crippen LogP) is 3.71. The molecule has 1 fully saturated rings. The maximum absolute atomic E-state index is 13.9. The van der Waals surface area contributed by atoms with Crippen LogP contribution in [0.4, 0.5) is 9.18 Å². The Bertz CT molecular complexity index is 940. The van der Waals surface area contributed by atoms with Gasteiger partial charge in [0.1, 0.15) is 11.5 Å². The number of nitrogens with one attached hydrogen (secondary N) is 1. The highest BCUT2D eigenvalue weighted by Crippen LogP contribution is 2.34. The van der Waals surface area contributed by atoms with E-state index in [9.17, 15) is 14.0 Å². The number of carbonyl (C=O) groups is 2. The zero-order valence-corrected chi connectivity index (χ0v) is 15.9. The third-order valence-corrected chi connectivity index (χ3v) is 4.13. The topological polar surface area (TPSA) is 67.9 Å². The number of amides is 3. The number of methoxy groups -OCH3 is 1. The fourth-order valence-electron chi connectivity index (χ4n) is 2.84. The molecule has 0 saturated carbocycles.